The van der Waals surface area contributed by atoms with Crippen LogP contribution in [-0.2, 0) is 6.54 Å². The Kier molecular flexibility index (Phi) is 5.62. The van der Waals surface area contributed by atoms with E-state index in [1.54, 1.807) is 43.0 Å². The standard InChI is InChI=1S/C20H22N2O2/c1-4-16-11-8-12-18(13-16)21-19(23)22(15-20(2,3)24)14-17-9-6-5-7-10-17/h1,5-13,24H,14-15H2,2-3H3,(H,21,23). The van der Waals surface area contributed by atoms with Gasteiger partial charge in [-0.05, 0) is 37.6 Å². The number of rotatable bonds is 5. The van der Waals surface area contributed by atoms with E-state index in [1.165, 1.54) is 0 Å². The first-order valence-corrected chi connectivity index (χ1v) is 7.76. The van der Waals surface area contributed by atoms with Gasteiger partial charge in [0.25, 0.3) is 0 Å². The number of nitrogens with zero attached hydrogens (tertiary/aromatic N) is 1. The van der Waals surface area contributed by atoms with Gasteiger partial charge in [-0.15, -0.1) is 6.42 Å². The molecule has 0 spiro atoms. The highest BCUT2D eigenvalue weighted by atomic mass is 16.3. The number of terminal acetylenes is 1. The largest absolute Gasteiger partial charge is 0.389 e. The topological polar surface area (TPSA) is 52.6 Å². The van der Waals surface area contributed by atoms with E-state index in [0.717, 1.165) is 5.56 Å². The molecular weight excluding hydrogens is 300 g/mol. The van der Waals surface area contributed by atoms with Crippen LogP contribution in [0.25, 0.3) is 0 Å². The molecule has 124 valence electrons. The lowest BCUT2D eigenvalue weighted by molar-refractivity contribution is 0.0469. The minimum Gasteiger partial charge on any atom is -0.389 e. The molecule has 0 atom stereocenters. The average molecular weight is 322 g/mol. The van der Waals surface area contributed by atoms with Crippen LogP contribution in [0.4, 0.5) is 10.5 Å². The second kappa shape index (κ2) is 7.67. The number of nitrogens with one attached hydrogen (secondary N) is 1. The van der Waals surface area contributed by atoms with Gasteiger partial charge < -0.3 is 15.3 Å². The fraction of sp³-hybridized carbons (Fsp3) is 0.250. The Balaban J connectivity index is 2.16. The predicted molar refractivity (Wildman–Crippen MR) is 96.5 cm³/mol. The number of carbonyl (C=O) groups excluding carboxylic acids is 1. The van der Waals surface area contributed by atoms with E-state index >= 15 is 0 Å². The molecule has 2 rings (SSSR count). The van der Waals surface area contributed by atoms with Gasteiger partial charge in [0.1, 0.15) is 0 Å². The van der Waals surface area contributed by atoms with E-state index < -0.39 is 5.60 Å². The molecule has 2 aromatic carbocycles. The Labute approximate surface area is 143 Å². The number of anilines is 1. The molecule has 2 aromatic rings. The fourth-order valence-electron chi connectivity index (χ4n) is 2.36. The second-order valence-electron chi connectivity index (χ2n) is 6.31. The zero-order valence-electron chi connectivity index (χ0n) is 14.0. The van der Waals surface area contributed by atoms with Crippen molar-refractivity contribution in [2.75, 3.05) is 11.9 Å². The monoisotopic (exact) mass is 322 g/mol. The van der Waals surface area contributed by atoms with Crippen LogP contribution in [0, 0.1) is 12.3 Å². The summed E-state index contributed by atoms with van der Waals surface area (Å²) in [6.45, 7) is 3.97. The van der Waals surface area contributed by atoms with Crippen molar-refractivity contribution < 1.29 is 9.90 Å². The quantitative estimate of drug-likeness (QED) is 0.828. The first kappa shape index (κ1) is 17.6. The van der Waals surface area contributed by atoms with E-state index in [4.69, 9.17) is 6.42 Å². The lowest BCUT2D eigenvalue weighted by Gasteiger charge is -2.29. The zero-order chi connectivity index (χ0) is 17.6. The minimum absolute atomic E-state index is 0.211. The van der Waals surface area contributed by atoms with Gasteiger partial charge in [0.05, 0.1) is 12.1 Å². The molecule has 4 nitrogen and oxygen atoms in total. The van der Waals surface area contributed by atoms with Crippen LogP contribution in [0.1, 0.15) is 25.0 Å². The van der Waals surface area contributed by atoms with Gasteiger partial charge in [-0.25, -0.2) is 4.79 Å². The van der Waals surface area contributed by atoms with Crippen molar-refractivity contribution in [3.05, 3.63) is 65.7 Å². The Bertz CT molecular complexity index is 727. The Morgan fingerprint density at radius 2 is 1.92 bits per heavy atom. The molecule has 2 N–H and O–H groups in total. The summed E-state index contributed by atoms with van der Waals surface area (Å²) in [5.74, 6) is 2.54. The highest BCUT2D eigenvalue weighted by Gasteiger charge is 2.22. The zero-order valence-corrected chi connectivity index (χ0v) is 14.0. The molecule has 0 unspecified atom stereocenters. The maximum Gasteiger partial charge on any atom is 0.322 e. The molecule has 0 saturated heterocycles. The van der Waals surface area contributed by atoms with E-state index in [9.17, 15) is 9.90 Å². The van der Waals surface area contributed by atoms with Crippen LogP contribution < -0.4 is 5.32 Å². The molecule has 24 heavy (non-hydrogen) atoms. The molecule has 0 radical (unpaired) electrons. The lowest BCUT2D eigenvalue weighted by Crippen LogP contribution is -2.43. The summed E-state index contributed by atoms with van der Waals surface area (Å²) in [5, 5.41) is 13.0. The van der Waals surface area contributed by atoms with Gasteiger partial charge in [-0.2, -0.15) is 0 Å². The summed E-state index contributed by atoms with van der Waals surface area (Å²) in [6, 6.07) is 16.5. The van der Waals surface area contributed by atoms with Gasteiger partial charge in [0.15, 0.2) is 0 Å². The summed E-state index contributed by atoms with van der Waals surface area (Å²) in [6.07, 6.45) is 5.39. The predicted octanol–water partition coefficient (Wildman–Crippen LogP) is 3.47. The molecule has 4 heteroatoms. The maximum atomic E-state index is 12.6. The number of hydrogen-bond acceptors (Lipinski definition) is 2. The summed E-state index contributed by atoms with van der Waals surface area (Å²) in [5.41, 5.74) is 1.33. The van der Waals surface area contributed by atoms with Crippen molar-refractivity contribution in [2.24, 2.45) is 0 Å². The smallest absolute Gasteiger partial charge is 0.322 e. The fourth-order valence-corrected chi connectivity index (χ4v) is 2.36. The number of aliphatic hydroxyl groups is 1. The van der Waals surface area contributed by atoms with Crippen LogP contribution >= 0.6 is 0 Å². The third kappa shape index (κ3) is 5.45. The van der Waals surface area contributed by atoms with Crippen LogP contribution in [-0.4, -0.2) is 28.2 Å². The van der Waals surface area contributed by atoms with E-state index in [1.807, 2.05) is 30.3 Å². The molecule has 0 saturated carbocycles. The molecule has 0 aliphatic carbocycles. The molecule has 0 aliphatic heterocycles. The Hall–Kier alpha value is -2.77. The summed E-state index contributed by atoms with van der Waals surface area (Å²) < 4.78 is 0. The average Bonchev–Trinajstić information content (AvgIpc) is 2.54. The minimum atomic E-state index is -0.993. The molecule has 0 bridgehead atoms. The van der Waals surface area contributed by atoms with Crippen LogP contribution in [0.3, 0.4) is 0 Å². The molecule has 0 fully saturated rings. The van der Waals surface area contributed by atoms with Crippen LogP contribution in [0.15, 0.2) is 54.6 Å². The van der Waals surface area contributed by atoms with Gasteiger partial charge in [0.2, 0.25) is 0 Å². The van der Waals surface area contributed by atoms with Crippen LogP contribution in [0.2, 0.25) is 0 Å². The van der Waals surface area contributed by atoms with Crippen molar-refractivity contribution in [1.82, 2.24) is 4.90 Å². The number of benzene rings is 2. The van der Waals surface area contributed by atoms with Crippen molar-refractivity contribution in [1.29, 1.82) is 0 Å². The third-order valence-electron chi connectivity index (χ3n) is 3.36. The van der Waals surface area contributed by atoms with E-state index in [2.05, 4.69) is 11.2 Å². The van der Waals surface area contributed by atoms with Crippen molar-refractivity contribution in [3.63, 3.8) is 0 Å². The second-order valence-corrected chi connectivity index (χ2v) is 6.31. The molecular formula is C20H22N2O2. The van der Waals surface area contributed by atoms with Gasteiger partial charge in [-0.1, -0.05) is 42.3 Å². The van der Waals surface area contributed by atoms with Gasteiger partial charge >= 0.3 is 6.03 Å². The van der Waals surface area contributed by atoms with Crippen molar-refractivity contribution >= 4 is 11.7 Å². The van der Waals surface area contributed by atoms with Crippen molar-refractivity contribution in [2.45, 2.75) is 26.0 Å². The Morgan fingerprint density at radius 3 is 2.54 bits per heavy atom. The number of amides is 2. The van der Waals surface area contributed by atoms with Crippen LogP contribution in [0.5, 0.6) is 0 Å². The summed E-state index contributed by atoms with van der Waals surface area (Å²) in [4.78, 5) is 14.2. The first-order chi connectivity index (χ1) is 11.4. The van der Waals surface area contributed by atoms with Gasteiger partial charge in [-0.3, -0.25) is 0 Å². The van der Waals surface area contributed by atoms with Gasteiger partial charge in [0, 0.05) is 17.8 Å². The SMILES string of the molecule is C#Cc1cccc(NC(=O)N(Cc2ccccc2)CC(C)(C)O)c1. The summed E-state index contributed by atoms with van der Waals surface area (Å²) >= 11 is 0. The normalized spacial score (nSPS) is 10.8. The first-order valence-electron chi connectivity index (χ1n) is 7.76. The highest BCUT2D eigenvalue weighted by molar-refractivity contribution is 5.89. The summed E-state index contributed by atoms with van der Waals surface area (Å²) in [7, 11) is 0. The Morgan fingerprint density at radius 1 is 1.21 bits per heavy atom. The molecule has 0 aliphatic rings. The molecule has 2 amide bonds. The molecule has 0 heterocycles. The number of urea groups is 1. The highest BCUT2D eigenvalue weighted by Crippen LogP contribution is 2.14. The maximum absolute atomic E-state index is 12.6. The number of hydrogen-bond donors (Lipinski definition) is 2. The van der Waals surface area contributed by atoms with E-state index in [0.29, 0.717) is 17.8 Å². The van der Waals surface area contributed by atoms with Crippen molar-refractivity contribution in [3.8, 4) is 12.3 Å². The lowest BCUT2D eigenvalue weighted by atomic mass is 10.1. The molecule has 0 aromatic heterocycles. The van der Waals surface area contributed by atoms with E-state index in [-0.39, 0.29) is 12.6 Å². The number of carbonyl (C=O) groups is 1. The third-order valence-corrected chi connectivity index (χ3v) is 3.36.